The second kappa shape index (κ2) is 11.7. The molecule has 1 aromatic heterocycles. The molecule has 0 saturated carbocycles. The number of hydrogen-bond acceptors (Lipinski definition) is 9. The summed E-state index contributed by atoms with van der Waals surface area (Å²) in [7, 11) is 1.29. The number of benzene rings is 3. The Hall–Kier alpha value is -4.18. The lowest BCUT2D eigenvalue weighted by molar-refractivity contribution is -0.144. The van der Waals surface area contributed by atoms with Crippen molar-refractivity contribution in [1.29, 1.82) is 0 Å². The third kappa shape index (κ3) is 5.19. The molecular weight excluding hydrogens is 524 g/mol. The summed E-state index contributed by atoms with van der Waals surface area (Å²) in [6.07, 6.45) is 0.717. The minimum absolute atomic E-state index is 0.0740. The largest absolute Gasteiger partial charge is 0.492 e. The van der Waals surface area contributed by atoms with Crippen LogP contribution in [-0.2, 0) is 20.7 Å². The third-order valence-corrected chi connectivity index (χ3v) is 7.70. The van der Waals surface area contributed by atoms with Crippen LogP contribution in [0.15, 0.2) is 69.9 Å². The monoisotopic (exact) mass is 556 g/mol. The molecule has 41 heavy (non-hydrogen) atoms. The molecule has 1 atom stereocenters. The van der Waals surface area contributed by atoms with Crippen LogP contribution < -0.4 is 20.4 Å². The molecule has 1 aliphatic carbocycles. The van der Waals surface area contributed by atoms with Gasteiger partial charge in [0.25, 0.3) is 0 Å². The maximum atomic E-state index is 13.2. The number of nitrogens with one attached hydrogen (secondary N) is 1. The van der Waals surface area contributed by atoms with E-state index >= 15 is 0 Å². The van der Waals surface area contributed by atoms with Crippen LogP contribution in [0.2, 0.25) is 0 Å². The van der Waals surface area contributed by atoms with Crippen molar-refractivity contribution in [3.63, 3.8) is 0 Å². The van der Waals surface area contributed by atoms with Gasteiger partial charge in [0.05, 0.1) is 32.3 Å². The summed E-state index contributed by atoms with van der Waals surface area (Å²) in [6.45, 7) is 2.79. The normalized spacial score (nSPS) is 14.9. The Balaban J connectivity index is 1.38. The number of para-hydroxylation sites is 1. The fourth-order valence-electron chi connectivity index (χ4n) is 5.66. The summed E-state index contributed by atoms with van der Waals surface area (Å²) in [5.74, 6) is 0.758. The van der Waals surface area contributed by atoms with Gasteiger partial charge in [0.1, 0.15) is 24.0 Å². The number of morpholine rings is 1. The molecule has 6 rings (SSSR count). The van der Waals surface area contributed by atoms with Gasteiger partial charge < -0.3 is 28.6 Å². The molecule has 1 fully saturated rings. The van der Waals surface area contributed by atoms with E-state index in [2.05, 4.69) is 17.4 Å². The highest BCUT2D eigenvalue weighted by Crippen LogP contribution is 2.47. The van der Waals surface area contributed by atoms with Crippen molar-refractivity contribution >= 4 is 22.8 Å². The molecule has 0 bridgehead atoms. The molecule has 2 N–H and O–H groups in total. The highest BCUT2D eigenvalue weighted by atomic mass is 16.5. The van der Waals surface area contributed by atoms with Crippen LogP contribution >= 0.6 is 0 Å². The van der Waals surface area contributed by atoms with Crippen molar-refractivity contribution < 1.29 is 28.5 Å². The average molecular weight is 557 g/mol. The van der Waals surface area contributed by atoms with E-state index in [1.165, 1.54) is 12.7 Å². The first kappa shape index (κ1) is 27.0. The van der Waals surface area contributed by atoms with Crippen LogP contribution in [0.5, 0.6) is 5.75 Å². The Bertz CT molecular complexity index is 1640. The highest BCUT2D eigenvalue weighted by molar-refractivity contribution is 5.97. The Labute approximate surface area is 237 Å². The van der Waals surface area contributed by atoms with Crippen molar-refractivity contribution in [3.05, 3.63) is 82.0 Å². The molecule has 9 nitrogen and oxygen atoms in total. The van der Waals surface area contributed by atoms with E-state index in [1.807, 2.05) is 41.3 Å². The topological polar surface area (TPSA) is 110 Å². The van der Waals surface area contributed by atoms with Crippen molar-refractivity contribution in [1.82, 2.24) is 5.32 Å². The van der Waals surface area contributed by atoms with Crippen LogP contribution in [-0.4, -0.2) is 70.3 Å². The van der Waals surface area contributed by atoms with E-state index < -0.39 is 12.0 Å². The van der Waals surface area contributed by atoms with Gasteiger partial charge in [-0.25, -0.2) is 0 Å². The molecule has 2 aliphatic rings. The van der Waals surface area contributed by atoms with Crippen molar-refractivity contribution in [2.75, 3.05) is 58.1 Å². The van der Waals surface area contributed by atoms with Gasteiger partial charge in [-0.3, -0.25) is 14.9 Å². The zero-order valence-corrected chi connectivity index (χ0v) is 22.9. The first-order valence-electron chi connectivity index (χ1n) is 13.8. The number of hydrogen-bond donors (Lipinski definition) is 2. The van der Waals surface area contributed by atoms with Crippen LogP contribution in [0.3, 0.4) is 0 Å². The van der Waals surface area contributed by atoms with Gasteiger partial charge in [0, 0.05) is 36.8 Å². The van der Waals surface area contributed by atoms with Gasteiger partial charge >= 0.3 is 5.97 Å². The number of anilines is 1. The number of ether oxygens (including phenoxy) is 3. The second-order valence-electron chi connectivity index (χ2n) is 10.1. The first-order chi connectivity index (χ1) is 20.1. The van der Waals surface area contributed by atoms with Gasteiger partial charge in [-0.2, -0.15) is 0 Å². The zero-order chi connectivity index (χ0) is 28.3. The Kier molecular flexibility index (Phi) is 7.74. The minimum atomic E-state index is -0.805. The molecule has 1 saturated heterocycles. The molecule has 1 unspecified atom stereocenters. The maximum Gasteiger partial charge on any atom is 0.325 e. The third-order valence-electron chi connectivity index (χ3n) is 7.70. The number of methoxy groups -OCH3 is 1. The number of carbonyl (C=O) groups is 1. The van der Waals surface area contributed by atoms with Gasteiger partial charge in [0.2, 0.25) is 0 Å². The number of esters is 1. The molecular formula is C32H32N2O7. The molecule has 4 aromatic rings. The van der Waals surface area contributed by atoms with E-state index in [0.717, 1.165) is 40.0 Å². The van der Waals surface area contributed by atoms with Crippen molar-refractivity contribution in [2.24, 2.45) is 0 Å². The SMILES string of the molecule is COC(=O)C(CO)NCCOc1ccc(-c2cccc3c(=O)cc(N4CCOCC4)oc23)c2c1-c1ccccc1C2. The average Bonchev–Trinajstić information content (AvgIpc) is 3.41. The number of nitrogens with zero attached hydrogens (tertiary/aromatic N) is 1. The predicted octanol–water partition coefficient (Wildman–Crippen LogP) is 3.37. The summed E-state index contributed by atoms with van der Waals surface area (Å²) in [5.41, 5.74) is 6.74. The molecule has 3 aromatic carbocycles. The second-order valence-corrected chi connectivity index (χ2v) is 10.1. The van der Waals surface area contributed by atoms with Crippen LogP contribution in [0.25, 0.3) is 33.2 Å². The van der Waals surface area contributed by atoms with Gasteiger partial charge in [0.15, 0.2) is 11.3 Å². The lowest BCUT2D eigenvalue weighted by Crippen LogP contribution is -2.42. The van der Waals surface area contributed by atoms with E-state index in [0.29, 0.717) is 49.7 Å². The van der Waals surface area contributed by atoms with Crippen LogP contribution in [0.1, 0.15) is 11.1 Å². The smallest absolute Gasteiger partial charge is 0.325 e. The Morgan fingerprint density at radius 3 is 2.66 bits per heavy atom. The molecule has 2 heterocycles. The van der Waals surface area contributed by atoms with E-state index in [-0.39, 0.29) is 18.6 Å². The predicted molar refractivity (Wildman–Crippen MR) is 156 cm³/mol. The number of rotatable bonds is 9. The molecule has 212 valence electrons. The quantitative estimate of drug-likeness (QED) is 0.209. The number of fused-ring (bicyclic) bond motifs is 4. The van der Waals surface area contributed by atoms with Gasteiger partial charge in [-0.05, 0) is 40.8 Å². The summed E-state index contributed by atoms with van der Waals surface area (Å²) in [4.78, 5) is 27.0. The van der Waals surface area contributed by atoms with Gasteiger partial charge in [-0.15, -0.1) is 0 Å². The van der Waals surface area contributed by atoms with E-state index in [9.17, 15) is 14.7 Å². The fourth-order valence-corrected chi connectivity index (χ4v) is 5.66. The number of aliphatic hydroxyl groups excluding tert-OH is 1. The fraction of sp³-hybridized carbons (Fsp3) is 0.312. The molecule has 0 radical (unpaired) electrons. The molecule has 0 spiro atoms. The van der Waals surface area contributed by atoms with Crippen molar-refractivity contribution in [3.8, 4) is 28.0 Å². The number of carbonyl (C=O) groups excluding carboxylic acids is 1. The molecule has 1 aliphatic heterocycles. The lowest BCUT2D eigenvalue weighted by atomic mass is 9.93. The minimum Gasteiger partial charge on any atom is -0.492 e. The summed E-state index contributed by atoms with van der Waals surface area (Å²) < 4.78 is 22.9. The number of aliphatic hydroxyl groups is 1. The summed E-state index contributed by atoms with van der Waals surface area (Å²) in [6, 6.07) is 18.7. The Morgan fingerprint density at radius 2 is 1.85 bits per heavy atom. The van der Waals surface area contributed by atoms with Crippen molar-refractivity contribution in [2.45, 2.75) is 12.5 Å². The molecule has 9 heteroatoms. The zero-order valence-electron chi connectivity index (χ0n) is 22.9. The highest BCUT2D eigenvalue weighted by Gasteiger charge is 2.27. The van der Waals surface area contributed by atoms with E-state index in [1.54, 1.807) is 12.1 Å². The standard InChI is InChI=1S/C32H32N2O7/c1-38-32(37)26(19-35)33-11-14-40-28-10-9-22(25-17-20-5-2-3-6-21(20)30(25)28)23-7-4-8-24-27(36)18-29(41-31(23)24)34-12-15-39-16-13-34/h2-10,18,26,33,35H,11-17,19H2,1H3. The van der Waals surface area contributed by atoms with E-state index in [4.69, 9.17) is 18.6 Å². The lowest BCUT2D eigenvalue weighted by Gasteiger charge is -2.27. The van der Waals surface area contributed by atoms with Crippen LogP contribution in [0, 0.1) is 0 Å². The van der Waals surface area contributed by atoms with Crippen LogP contribution in [0.4, 0.5) is 5.88 Å². The Morgan fingerprint density at radius 1 is 1.05 bits per heavy atom. The molecule has 0 amide bonds. The summed E-state index contributed by atoms with van der Waals surface area (Å²) in [5, 5.41) is 13.0. The van der Waals surface area contributed by atoms with Gasteiger partial charge in [-0.1, -0.05) is 42.5 Å². The first-order valence-corrected chi connectivity index (χ1v) is 13.8. The summed E-state index contributed by atoms with van der Waals surface area (Å²) >= 11 is 0. The maximum absolute atomic E-state index is 13.2.